The molecule has 2 rings (SSSR count). The van der Waals surface area contributed by atoms with Crippen LogP contribution in [0.5, 0.6) is 0 Å². The van der Waals surface area contributed by atoms with E-state index < -0.39 is 11.7 Å². The van der Waals surface area contributed by atoms with Crippen LogP contribution in [-0.2, 0) is 6.18 Å². The van der Waals surface area contributed by atoms with E-state index in [9.17, 15) is 17.6 Å². The molecule has 22 heavy (non-hydrogen) atoms. The van der Waals surface area contributed by atoms with Crippen molar-refractivity contribution in [3.8, 4) is 0 Å². The highest BCUT2D eigenvalue weighted by Gasteiger charge is 2.30. The quantitative estimate of drug-likeness (QED) is 0.601. The molecule has 0 saturated heterocycles. The maximum atomic E-state index is 13.0. The molecule has 0 amide bonds. The highest BCUT2D eigenvalue weighted by molar-refractivity contribution is 5.79. The molecule has 0 nitrogen and oxygen atoms in total. The maximum absolute atomic E-state index is 13.0. The van der Waals surface area contributed by atoms with E-state index >= 15 is 0 Å². The minimum absolute atomic E-state index is 0.342. The van der Waals surface area contributed by atoms with Gasteiger partial charge in [-0.15, -0.1) is 0 Å². The maximum Gasteiger partial charge on any atom is 0.416 e. The fourth-order valence-electron chi connectivity index (χ4n) is 2.16. The third-order valence-electron chi connectivity index (χ3n) is 3.32. The summed E-state index contributed by atoms with van der Waals surface area (Å²) in [6.07, 6.45) is -0.656. The smallest absolute Gasteiger partial charge is 0.207 e. The number of allylic oxidation sites excluding steroid dienone is 1. The predicted molar refractivity (Wildman–Crippen MR) is 79.8 cm³/mol. The van der Waals surface area contributed by atoms with E-state index in [0.29, 0.717) is 5.56 Å². The van der Waals surface area contributed by atoms with Crippen LogP contribution in [0.15, 0.2) is 54.6 Å². The molecule has 0 aliphatic carbocycles. The summed E-state index contributed by atoms with van der Waals surface area (Å²) >= 11 is 0. The molecule has 0 saturated carbocycles. The standard InChI is InChI=1S/C18H16F4/c1-2-3-4-17(14-7-11-16(19)12-8-14)13-5-9-15(10-6-13)18(20,21)22/h4-12H,2-3H2,1H3/b17-4+. The van der Waals surface area contributed by atoms with Gasteiger partial charge in [0.05, 0.1) is 5.56 Å². The predicted octanol–water partition coefficient (Wildman–Crippen LogP) is 6.08. The number of unbranched alkanes of at least 4 members (excludes halogenated alkanes) is 1. The number of hydrogen-bond donors (Lipinski definition) is 0. The van der Waals surface area contributed by atoms with Crippen LogP contribution in [0, 0.1) is 5.82 Å². The van der Waals surface area contributed by atoms with Crippen LogP contribution in [-0.4, -0.2) is 0 Å². The number of hydrogen-bond acceptors (Lipinski definition) is 0. The van der Waals surface area contributed by atoms with E-state index in [4.69, 9.17) is 0 Å². The topological polar surface area (TPSA) is 0 Å². The lowest BCUT2D eigenvalue weighted by atomic mass is 9.95. The first-order valence-electron chi connectivity index (χ1n) is 7.05. The van der Waals surface area contributed by atoms with Gasteiger partial charge in [-0.3, -0.25) is 0 Å². The van der Waals surface area contributed by atoms with Gasteiger partial charge >= 0.3 is 6.18 Å². The van der Waals surface area contributed by atoms with Crippen molar-refractivity contribution in [2.24, 2.45) is 0 Å². The van der Waals surface area contributed by atoms with Crippen LogP contribution < -0.4 is 0 Å². The lowest BCUT2D eigenvalue weighted by Crippen LogP contribution is -2.04. The van der Waals surface area contributed by atoms with Crippen molar-refractivity contribution in [3.63, 3.8) is 0 Å². The van der Waals surface area contributed by atoms with E-state index in [1.807, 2.05) is 13.0 Å². The van der Waals surface area contributed by atoms with Gasteiger partial charge in [-0.2, -0.15) is 13.2 Å². The Bertz CT molecular complexity index is 634. The second-order valence-electron chi connectivity index (χ2n) is 4.99. The van der Waals surface area contributed by atoms with Gasteiger partial charge in [-0.1, -0.05) is 43.7 Å². The first-order chi connectivity index (χ1) is 10.4. The number of halogens is 4. The molecule has 0 aromatic heterocycles. The van der Waals surface area contributed by atoms with Gasteiger partial charge in [0.1, 0.15) is 5.82 Å². The second-order valence-corrected chi connectivity index (χ2v) is 4.99. The van der Waals surface area contributed by atoms with Crippen molar-refractivity contribution >= 4 is 5.57 Å². The van der Waals surface area contributed by atoms with Gasteiger partial charge in [0.25, 0.3) is 0 Å². The number of alkyl halides is 3. The zero-order chi connectivity index (χ0) is 16.2. The molecular formula is C18H16F4. The normalized spacial score (nSPS) is 12.5. The Morgan fingerprint density at radius 1 is 0.909 bits per heavy atom. The third kappa shape index (κ3) is 3.97. The third-order valence-corrected chi connectivity index (χ3v) is 3.32. The van der Waals surface area contributed by atoms with Crippen LogP contribution in [0.1, 0.15) is 36.5 Å². The Morgan fingerprint density at radius 3 is 1.86 bits per heavy atom. The molecule has 0 fully saturated rings. The molecule has 0 aliphatic heterocycles. The second kappa shape index (κ2) is 6.77. The van der Waals surface area contributed by atoms with Crippen molar-refractivity contribution in [1.82, 2.24) is 0 Å². The van der Waals surface area contributed by atoms with Gasteiger partial charge in [0.15, 0.2) is 0 Å². The highest BCUT2D eigenvalue weighted by atomic mass is 19.4. The van der Waals surface area contributed by atoms with Crippen LogP contribution in [0.4, 0.5) is 17.6 Å². The molecule has 0 atom stereocenters. The average Bonchev–Trinajstić information content (AvgIpc) is 2.49. The summed E-state index contributed by atoms with van der Waals surface area (Å²) in [5.74, 6) is -0.342. The van der Waals surface area contributed by atoms with Gasteiger partial charge < -0.3 is 0 Å². The molecule has 0 N–H and O–H groups in total. The Balaban J connectivity index is 2.40. The Hall–Kier alpha value is -2.10. The van der Waals surface area contributed by atoms with Crippen LogP contribution in [0.25, 0.3) is 5.57 Å². The van der Waals surface area contributed by atoms with Crippen LogP contribution in [0.2, 0.25) is 0 Å². The van der Waals surface area contributed by atoms with Crippen molar-refractivity contribution in [2.75, 3.05) is 0 Å². The Labute approximate surface area is 127 Å². The molecular weight excluding hydrogens is 292 g/mol. The molecule has 0 unspecified atom stereocenters. The zero-order valence-corrected chi connectivity index (χ0v) is 12.1. The van der Waals surface area contributed by atoms with Gasteiger partial charge in [-0.25, -0.2) is 4.39 Å². The first kappa shape index (κ1) is 16.3. The van der Waals surface area contributed by atoms with E-state index in [0.717, 1.165) is 36.1 Å². The highest BCUT2D eigenvalue weighted by Crippen LogP contribution is 2.31. The molecule has 2 aromatic rings. The van der Waals surface area contributed by atoms with Crippen molar-refractivity contribution in [3.05, 3.63) is 77.1 Å². The summed E-state index contributed by atoms with van der Waals surface area (Å²) in [5, 5.41) is 0. The molecule has 0 aliphatic rings. The molecule has 2 aromatic carbocycles. The summed E-state index contributed by atoms with van der Waals surface area (Å²) in [7, 11) is 0. The molecule has 116 valence electrons. The van der Waals surface area contributed by atoms with Crippen LogP contribution >= 0.6 is 0 Å². The molecule has 0 radical (unpaired) electrons. The summed E-state index contributed by atoms with van der Waals surface area (Å²) in [6.45, 7) is 2.02. The minimum atomic E-state index is -4.35. The number of benzene rings is 2. The largest absolute Gasteiger partial charge is 0.416 e. The Kier molecular flexibility index (Phi) is 5.01. The molecule has 0 spiro atoms. The zero-order valence-electron chi connectivity index (χ0n) is 12.1. The Morgan fingerprint density at radius 2 is 1.41 bits per heavy atom. The SMILES string of the molecule is CCC/C=C(/c1ccc(F)cc1)c1ccc(C(F)(F)F)cc1. The van der Waals surface area contributed by atoms with Crippen molar-refractivity contribution in [2.45, 2.75) is 25.9 Å². The van der Waals surface area contributed by atoms with E-state index in [-0.39, 0.29) is 5.82 Å². The van der Waals surface area contributed by atoms with Crippen molar-refractivity contribution in [1.29, 1.82) is 0 Å². The van der Waals surface area contributed by atoms with E-state index in [1.165, 1.54) is 24.3 Å². The fraction of sp³-hybridized carbons (Fsp3) is 0.222. The summed E-state index contributed by atoms with van der Waals surface area (Å²) < 4.78 is 50.9. The first-order valence-corrected chi connectivity index (χ1v) is 7.05. The van der Waals surface area contributed by atoms with E-state index in [1.54, 1.807) is 12.1 Å². The lowest BCUT2D eigenvalue weighted by Gasteiger charge is -2.11. The van der Waals surface area contributed by atoms with E-state index in [2.05, 4.69) is 0 Å². The monoisotopic (exact) mass is 308 g/mol. The molecule has 0 bridgehead atoms. The number of rotatable bonds is 4. The van der Waals surface area contributed by atoms with Crippen molar-refractivity contribution < 1.29 is 17.6 Å². The average molecular weight is 308 g/mol. The van der Waals surface area contributed by atoms with Gasteiger partial charge in [0.2, 0.25) is 0 Å². The minimum Gasteiger partial charge on any atom is -0.207 e. The molecule has 4 heteroatoms. The summed E-state index contributed by atoms with van der Waals surface area (Å²) in [6, 6.07) is 11.0. The summed E-state index contributed by atoms with van der Waals surface area (Å²) in [5.41, 5.74) is 1.61. The molecule has 0 heterocycles. The van der Waals surface area contributed by atoms with Gasteiger partial charge in [0, 0.05) is 0 Å². The van der Waals surface area contributed by atoms with Crippen LogP contribution in [0.3, 0.4) is 0 Å². The van der Waals surface area contributed by atoms with Gasteiger partial charge in [-0.05, 0) is 47.4 Å². The fourth-order valence-corrected chi connectivity index (χ4v) is 2.16. The summed E-state index contributed by atoms with van der Waals surface area (Å²) in [4.78, 5) is 0. The lowest BCUT2D eigenvalue weighted by molar-refractivity contribution is -0.137.